The lowest BCUT2D eigenvalue weighted by Gasteiger charge is -2.13. The van der Waals surface area contributed by atoms with Crippen LogP contribution in [0.2, 0.25) is 0 Å². The number of carbonyl (C=O) groups excluding carboxylic acids is 1. The molecule has 0 spiro atoms. The van der Waals surface area contributed by atoms with Crippen molar-refractivity contribution >= 4 is 39.1 Å². The van der Waals surface area contributed by atoms with Gasteiger partial charge in [0.25, 0.3) is 5.91 Å². The number of carboxylic acid groups (broad SMARTS) is 1. The lowest BCUT2D eigenvalue weighted by molar-refractivity contribution is -0.139. The number of carboxylic acids is 1. The quantitative estimate of drug-likeness (QED) is 0.882. The van der Waals surface area contributed by atoms with Crippen LogP contribution in [0.1, 0.15) is 21.3 Å². The van der Waals surface area contributed by atoms with Gasteiger partial charge in [0.15, 0.2) is 6.04 Å². The normalized spacial score (nSPS) is 11.9. The fraction of sp³-hybridized carbons (Fsp3) is 0.0769. The molecule has 1 aromatic heterocycles. The first-order chi connectivity index (χ1) is 9.49. The molecule has 0 bridgehead atoms. The number of hydrogen-bond acceptors (Lipinski definition) is 3. The van der Waals surface area contributed by atoms with Crippen LogP contribution >= 0.6 is 27.3 Å². The van der Waals surface area contributed by atoms with Crippen LogP contribution in [0.4, 0.5) is 4.39 Å². The summed E-state index contributed by atoms with van der Waals surface area (Å²) in [7, 11) is 0. The number of aliphatic carboxylic acids is 1. The molecule has 7 heteroatoms. The predicted octanol–water partition coefficient (Wildman–Crippen LogP) is 3.21. The number of rotatable bonds is 4. The zero-order valence-electron chi connectivity index (χ0n) is 9.97. The SMILES string of the molecule is O=C(NC(C(=O)O)c1cccs1)c1ccc(Br)cc1F. The van der Waals surface area contributed by atoms with Crippen LogP contribution in [0, 0.1) is 5.82 Å². The van der Waals surface area contributed by atoms with E-state index in [9.17, 15) is 14.0 Å². The van der Waals surface area contributed by atoms with Gasteiger partial charge in [-0.1, -0.05) is 22.0 Å². The van der Waals surface area contributed by atoms with Gasteiger partial charge in [-0.3, -0.25) is 4.79 Å². The molecule has 104 valence electrons. The monoisotopic (exact) mass is 357 g/mol. The zero-order valence-corrected chi connectivity index (χ0v) is 12.4. The fourth-order valence-corrected chi connectivity index (χ4v) is 2.69. The number of carbonyl (C=O) groups is 2. The molecular weight excluding hydrogens is 349 g/mol. The smallest absolute Gasteiger partial charge is 0.331 e. The summed E-state index contributed by atoms with van der Waals surface area (Å²) in [5, 5.41) is 13.2. The number of hydrogen-bond donors (Lipinski definition) is 2. The Kier molecular flexibility index (Phi) is 4.51. The van der Waals surface area contributed by atoms with E-state index in [0.717, 1.165) is 6.07 Å². The highest BCUT2D eigenvalue weighted by atomic mass is 79.9. The molecule has 1 amide bonds. The average molecular weight is 358 g/mol. The predicted molar refractivity (Wildman–Crippen MR) is 76.3 cm³/mol. The minimum absolute atomic E-state index is 0.198. The standard InChI is InChI=1S/C13H9BrFNO3S/c14-7-3-4-8(9(15)6-7)12(17)16-11(13(18)19)10-2-1-5-20-10/h1-6,11H,(H,16,17)(H,18,19). The summed E-state index contributed by atoms with van der Waals surface area (Å²) in [6, 6.07) is 6.05. The summed E-state index contributed by atoms with van der Waals surface area (Å²) < 4.78 is 14.2. The second kappa shape index (κ2) is 6.15. The van der Waals surface area contributed by atoms with Gasteiger partial charge >= 0.3 is 5.97 Å². The van der Waals surface area contributed by atoms with Crippen molar-refractivity contribution in [2.75, 3.05) is 0 Å². The van der Waals surface area contributed by atoms with E-state index in [-0.39, 0.29) is 5.56 Å². The largest absolute Gasteiger partial charge is 0.479 e. The van der Waals surface area contributed by atoms with E-state index in [2.05, 4.69) is 21.2 Å². The van der Waals surface area contributed by atoms with Gasteiger partial charge in [-0.2, -0.15) is 0 Å². The lowest BCUT2D eigenvalue weighted by atomic mass is 10.1. The number of thiophene rings is 1. The second-order valence-electron chi connectivity index (χ2n) is 3.88. The highest BCUT2D eigenvalue weighted by Gasteiger charge is 2.24. The third kappa shape index (κ3) is 3.23. The van der Waals surface area contributed by atoms with Gasteiger partial charge < -0.3 is 10.4 Å². The van der Waals surface area contributed by atoms with Crippen molar-refractivity contribution in [2.45, 2.75) is 6.04 Å². The fourth-order valence-electron chi connectivity index (χ4n) is 1.59. The Balaban J connectivity index is 2.23. The van der Waals surface area contributed by atoms with Gasteiger partial charge in [-0.25, -0.2) is 9.18 Å². The van der Waals surface area contributed by atoms with E-state index in [4.69, 9.17) is 5.11 Å². The van der Waals surface area contributed by atoms with Gasteiger partial charge in [0.2, 0.25) is 0 Å². The maximum absolute atomic E-state index is 13.7. The number of nitrogens with one attached hydrogen (secondary N) is 1. The maximum Gasteiger partial charge on any atom is 0.331 e. The van der Waals surface area contributed by atoms with Crippen molar-refractivity contribution < 1.29 is 19.1 Å². The van der Waals surface area contributed by atoms with Gasteiger partial charge in [0.1, 0.15) is 5.82 Å². The van der Waals surface area contributed by atoms with Gasteiger partial charge in [-0.05, 0) is 29.6 Å². The van der Waals surface area contributed by atoms with Gasteiger partial charge in [0, 0.05) is 9.35 Å². The van der Waals surface area contributed by atoms with E-state index < -0.39 is 23.7 Å². The number of halogens is 2. The molecule has 2 aromatic rings. The average Bonchev–Trinajstić information content (AvgIpc) is 2.88. The minimum Gasteiger partial charge on any atom is -0.479 e. The first-order valence-electron chi connectivity index (χ1n) is 5.51. The maximum atomic E-state index is 13.7. The van der Waals surface area contributed by atoms with E-state index in [1.807, 2.05) is 0 Å². The summed E-state index contributed by atoms with van der Waals surface area (Å²) in [4.78, 5) is 23.6. The number of benzene rings is 1. The van der Waals surface area contributed by atoms with Gasteiger partial charge in [-0.15, -0.1) is 11.3 Å². The second-order valence-corrected chi connectivity index (χ2v) is 5.78. The highest BCUT2D eigenvalue weighted by molar-refractivity contribution is 9.10. The van der Waals surface area contributed by atoms with Crippen molar-refractivity contribution in [3.8, 4) is 0 Å². The Bertz CT molecular complexity index is 645. The minimum atomic E-state index is -1.20. The summed E-state index contributed by atoms with van der Waals surface area (Å²) in [5.74, 6) is -2.68. The van der Waals surface area contributed by atoms with E-state index in [1.165, 1.54) is 23.5 Å². The molecular formula is C13H9BrFNO3S. The van der Waals surface area contributed by atoms with Crippen LogP contribution in [-0.2, 0) is 4.79 Å². The third-order valence-corrected chi connectivity index (χ3v) is 3.96. The molecule has 0 fully saturated rings. The molecule has 0 radical (unpaired) electrons. The molecule has 1 heterocycles. The Hall–Kier alpha value is -1.73. The molecule has 0 aliphatic heterocycles. The van der Waals surface area contributed by atoms with Crippen LogP contribution in [0.5, 0.6) is 0 Å². The van der Waals surface area contributed by atoms with E-state index >= 15 is 0 Å². The van der Waals surface area contributed by atoms with E-state index in [0.29, 0.717) is 9.35 Å². The van der Waals surface area contributed by atoms with Crippen LogP contribution < -0.4 is 5.32 Å². The highest BCUT2D eigenvalue weighted by Crippen LogP contribution is 2.21. The summed E-state index contributed by atoms with van der Waals surface area (Å²) >= 11 is 4.29. The van der Waals surface area contributed by atoms with Crippen LogP contribution in [0.25, 0.3) is 0 Å². The van der Waals surface area contributed by atoms with Crippen molar-refractivity contribution in [1.29, 1.82) is 0 Å². The van der Waals surface area contributed by atoms with Crippen molar-refractivity contribution in [3.63, 3.8) is 0 Å². The molecule has 0 saturated carbocycles. The molecule has 4 nitrogen and oxygen atoms in total. The molecule has 1 unspecified atom stereocenters. The van der Waals surface area contributed by atoms with Crippen LogP contribution in [0.15, 0.2) is 40.2 Å². The third-order valence-electron chi connectivity index (χ3n) is 2.53. The molecule has 2 N–H and O–H groups in total. The summed E-state index contributed by atoms with van der Waals surface area (Å²) in [6.07, 6.45) is 0. The molecule has 1 atom stereocenters. The Morgan fingerprint density at radius 1 is 1.35 bits per heavy atom. The first kappa shape index (κ1) is 14.7. The van der Waals surface area contributed by atoms with Crippen molar-refractivity contribution in [3.05, 3.63) is 56.4 Å². The molecule has 1 aromatic carbocycles. The molecule has 0 aliphatic rings. The Labute approximate surface area is 126 Å². The summed E-state index contributed by atoms with van der Waals surface area (Å²) in [6.45, 7) is 0. The number of amides is 1. The lowest BCUT2D eigenvalue weighted by Crippen LogP contribution is -2.33. The van der Waals surface area contributed by atoms with Crippen molar-refractivity contribution in [1.82, 2.24) is 5.32 Å². The summed E-state index contributed by atoms with van der Waals surface area (Å²) in [5.41, 5.74) is -0.198. The van der Waals surface area contributed by atoms with Gasteiger partial charge in [0.05, 0.1) is 5.56 Å². The molecule has 20 heavy (non-hydrogen) atoms. The first-order valence-corrected chi connectivity index (χ1v) is 7.18. The van der Waals surface area contributed by atoms with Crippen molar-refractivity contribution in [2.24, 2.45) is 0 Å². The van der Waals surface area contributed by atoms with E-state index in [1.54, 1.807) is 17.5 Å². The Morgan fingerprint density at radius 2 is 2.10 bits per heavy atom. The molecule has 2 rings (SSSR count). The molecule has 0 aliphatic carbocycles. The topological polar surface area (TPSA) is 66.4 Å². The van der Waals surface area contributed by atoms with Crippen LogP contribution in [0.3, 0.4) is 0 Å². The van der Waals surface area contributed by atoms with Crippen LogP contribution in [-0.4, -0.2) is 17.0 Å². The molecule has 0 saturated heterocycles. The Morgan fingerprint density at radius 3 is 2.65 bits per heavy atom. The zero-order chi connectivity index (χ0) is 14.7.